The summed E-state index contributed by atoms with van der Waals surface area (Å²) in [5.74, 6) is -0.128. The summed E-state index contributed by atoms with van der Waals surface area (Å²) in [6.07, 6.45) is 3.70. The van der Waals surface area contributed by atoms with Gasteiger partial charge in [-0.05, 0) is 24.6 Å². The Bertz CT molecular complexity index is 545. The topological polar surface area (TPSA) is 60.9 Å². The van der Waals surface area contributed by atoms with Crippen molar-refractivity contribution >= 4 is 5.78 Å². The molecular formula is C14H15N3O. The van der Waals surface area contributed by atoms with Gasteiger partial charge in [0.2, 0.25) is 0 Å². The lowest BCUT2D eigenvalue weighted by Gasteiger charge is -2.10. The molecule has 0 spiro atoms. The molecule has 1 atom stereocenters. The second-order valence-corrected chi connectivity index (χ2v) is 3.96. The Balaban J connectivity index is 2.34. The summed E-state index contributed by atoms with van der Waals surface area (Å²) in [7, 11) is 0. The van der Waals surface area contributed by atoms with Crippen LogP contribution in [0.5, 0.6) is 0 Å². The van der Waals surface area contributed by atoms with Gasteiger partial charge in [0.1, 0.15) is 5.69 Å². The van der Waals surface area contributed by atoms with E-state index >= 15 is 0 Å². The number of hydrogen-bond acceptors (Lipinski definition) is 3. The molecule has 1 aromatic heterocycles. The van der Waals surface area contributed by atoms with Crippen LogP contribution in [0.1, 0.15) is 16.9 Å². The number of para-hydroxylation sites is 1. The normalized spacial score (nSPS) is 12.1. The van der Waals surface area contributed by atoms with Crippen molar-refractivity contribution in [3.05, 3.63) is 60.9 Å². The molecule has 1 unspecified atom stereocenters. The van der Waals surface area contributed by atoms with E-state index in [-0.39, 0.29) is 5.78 Å². The maximum absolute atomic E-state index is 12.2. The van der Waals surface area contributed by atoms with Gasteiger partial charge >= 0.3 is 0 Å². The minimum atomic E-state index is -0.568. The van der Waals surface area contributed by atoms with Gasteiger partial charge in [-0.25, -0.2) is 4.68 Å². The van der Waals surface area contributed by atoms with Crippen LogP contribution >= 0.6 is 0 Å². The number of hydrogen-bond donors (Lipinski definition) is 1. The van der Waals surface area contributed by atoms with E-state index in [1.807, 2.05) is 30.3 Å². The molecule has 0 saturated heterocycles. The Labute approximate surface area is 106 Å². The van der Waals surface area contributed by atoms with Gasteiger partial charge in [-0.2, -0.15) is 5.10 Å². The fourth-order valence-corrected chi connectivity index (χ4v) is 1.74. The van der Waals surface area contributed by atoms with Crippen molar-refractivity contribution in [1.82, 2.24) is 9.78 Å². The summed E-state index contributed by atoms with van der Waals surface area (Å²) in [5, 5.41) is 4.16. The third kappa shape index (κ3) is 2.38. The molecule has 4 nitrogen and oxygen atoms in total. The predicted octanol–water partition coefficient (Wildman–Crippen LogP) is 1.96. The summed E-state index contributed by atoms with van der Waals surface area (Å²) in [4.78, 5) is 12.2. The van der Waals surface area contributed by atoms with Crippen molar-refractivity contribution in [3.63, 3.8) is 0 Å². The molecule has 0 saturated carbocycles. The number of ketones is 1. The first-order chi connectivity index (χ1) is 8.74. The summed E-state index contributed by atoms with van der Waals surface area (Å²) < 4.78 is 1.60. The van der Waals surface area contributed by atoms with Gasteiger partial charge in [-0.3, -0.25) is 4.79 Å². The number of carbonyl (C=O) groups is 1. The molecule has 1 heterocycles. The first kappa shape index (κ1) is 12.3. The van der Waals surface area contributed by atoms with Crippen LogP contribution in [0.3, 0.4) is 0 Å². The Morgan fingerprint density at radius 2 is 2.11 bits per heavy atom. The summed E-state index contributed by atoms with van der Waals surface area (Å²) >= 11 is 0. The molecule has 2 rings (SSSR count). The highest BCUT2D eigenvalue weighted by atomic mass is 16.1. The molecule has 0 radical (unpaired) electrons. The molecule has 2 aromatic rings. The highest BCUT2D eigenvalue weighted by Gasteiger charge is 2.19. The van der Waals surface area contributed by atoms with Crippen molar-refractivity contribution < 1.29 is 4.79 Å². The van der Waals surface area contributed by atoms with Crippen LogP contribution < -0.4 is 5.73 Å². The smallest absolute Gasteiger partial charge is 0.198 e. The first-order valence-corrected chi connectivity index (χ1v) is 5.74. The number of benzene rings is 1. The number of aromatic nitrogens is 2. The zero-order chi connectivity index (χ0) is 13.0. The van der Waals surface area contributed by atoms with Crippen molar-refractivity contribution in [2.75, 3.05) is 0 Å². The second-order valence-electron chi connectivity index (χ2n) is 3.96. The molecule has 0 aliphatic carbocycles. The molecule has 18 heavy (non-hydrogen) atoms. The van der Waals surface area contributed by atoms with Crippen LogP contribution in [0.25, 0.3) is 5.69 Å². The Hall–Kier alpha value is -2.20. The fraction of sp³-hybridized carbons (Fsp3) is 0.143. The van der Waals surface area contributed by atoms with E-state index < -0.39 is 6.04 Å². The van der Waals surface area contributed by atoms with E-state index in [4.69, 9.17) is 5.73 Å². The quantitative estimate of drug-likeness (QED) is 0.643. The van der Waals surface area contributed by atoms with Crippen molar-refractivity contribution in [2.24, 2.45) is 5.73 Å². The lowest BCUT2D eigenvalue weighted by Crippen LogP contribution is -2.31. The number of rotatable bonds is 5. The van der Waals surface area contributed by atoms with Crippen LogP contribution in [-0.4, -0.2) is 21.6 Å². The van der Waals surface area contributed by atoms with E-state index in [1.54, 1.807) is 23.0 Å². The van der Waals surface area contributed by atoms with Gasteiger partial charge in [0.15, 0.2) is 5.78 Å². The molecule has 4 heteroatoms. The molecule has 0 amide bonds. The minimum Gasteiger partial charge on any atom is -0.321 e. The SMILES string of the molecule is C=CCC(N)C(=O)c1ccnn1-c1ccccc1. The zero-order valence-corrected chi connectivity index (χ0v) is 9.99. The predicted molar refractivity (Wildman–Crippen MR) is 70.7 cm³/mol. The monoisotopic (exact) mass is 241 g/mol. The maximum Gasteiger partial charge on any atom is 0.198 e. The third-order valence-electron chi connectivity index (χ3n) is 2.65. The summed E-state index contributed by atoms with van der Waals surface area (Å²) in [6, 6.07) is 10.6. The van der Waals surface area contributed by atoms with Gasteiger partial charge < -0.3 is 5.73 Å². The van der Waals surface area contributed by atoms with E-state index in [0.717, 1.165) is 5.69 Å². The first-order valence-electron chi connectivity index (χ1n) is 5.74. The van der Waals surface area contributed by atoms with Gasteiger partial charge in [0.25, 0.3) is 0 Å². The maximum atomic E-state index is 12.2. The molecule has 0 aliphatic rings. The lowest BCUT2D eigenvalue weighted by molar-refractivity contribution is 0.0954. The van der Waals surface area contributed by atoms with Crippen LogP contribution in [0.2, 0.25) is 0 Å². The number of nitrogens with zero attached hydrogens (tertiary/aromatic N) is 2. The largest absolute Gasteiger partial charge is 0.321 e. The second kappa shape index (κ2) is 5.42. The van der Waals surface area contributed by atoms with Crippen LogP contribution in [0.4, 0.5) is 0 Å². The Morgan fingerprint density at radius 3 is 2.78 bits per heavy atom. The number of Topliss-reactive ketones (excluding diaryl/α,β-unsaturated/α-hetero) is 1. The van der Waals surface area contributed by atoms with Crippen molar-refractivity contribution in [1.29, 1.82) is 0 Å². The highest BCUT2D eigenvalue weighted by molar-refractivity contribution is 5.99. The summed E-state index contributed by atoms with van der Waals surface area (Å²) in [5.41, 5.74) is 7.14. The summed E-state index contributed by atoms with van der Waals surface area (Å²) in [6.45, 7) is 3.59. The minimum absolute atomic E-state index is 0.128. The van der Waals surface area contributed by atoms with Gasteiger partial charge in [-0.15, -0.1) is 6.58 Å². The Morgan fingerprint density at radius 1 is 1.39 bits per heavy atom. The standard InChI is InChI=1S/C14H15N3O/c1-2-6-12(15)14(18)13-9-10-16-17(13)11-7-4-3-5-8-11/h2-5,7-10,12H,1,6,15H2. The van der Waals surface area contributed by atoms with E-state index in [9.17, 15) is 4.79 Å². The molecule has 0 bridgehead atoms. The van der Waals surface area contributed by atoms with E-state index in [0.29, 0.717) is 12.1 Å². The Kier molecular flexibility index (Phi) is 3.69. The van der Waals surface area contributed by atoms with Gasteiger partial charge in [-0.1, -0.05) is 24.3 Å². The van der Waals surface area contributed by atoms with Crippen molar-refractivity contribution in [3.8, 4) is 5.69 Å². The number of nitrogens with two attached hydrogens (primary N) is 1. The average Bonchev–Trinajstić information content (AvgIpc) is 2.88. The van der Waals surface area contributed by atoms with Gasteiger partial charge in [0, 0.05) is 0 Å². The fourth-order valence-electron chi connectivity index (χ4n) is 1.74. The van der Waals surface area contributed by atoms with Crippen LogP contribution in [-0.2, 0) is 0 Å². The molecule has 2 N–H and O–H groups in total. The molecule has 1 aromatic carbocycles. The lowest BCUT2D eigenvalue weighted by atomic mass is 10.1. The average molecular weight is 241 g/mol. The van der Waals surface area contributed by atoms with E-state index in [2.05, 4.69) is 11.7 Å². The molecule has 0 aliphatic heterocycles. The van der Waals surface area contributed by atoms with E-state index in [1.165, 1.54) is 0 Å². The van der Waals surface area contributed by atoms with Crippen LogP contribution in [0.15, 0.2) is 55.3 Å². The van der Waals surface area contributed by atoms with Crippen molar-refractivity contribution in [2.45, 2.75) is 12.5 Å². The molecule has 0 fully saturated rings. The molecular weight excluding hydrogens is 226 g/mol. The molecule has 92 valence electrons. The van der Waals surface area contributed by atoms with Crippen LogP contribution in [0, 0.1) is 0 Å². The third-order valence-corrected chi connectivity index (χ3v) is 2.65. The highest BCUT2D eigenvalue weighted by Crippen LogP contribution is 2.12. The van der Waals surface area contributed by atoms with Gasteiger partial charge in [0.05, 0.1) is 17.9 Å². The zero-order valence-electron chi connectivity index (χ0n) is 9.99. The number of carbonyl (C=O) groups excluding carboxylic acids is 1.